The molecule has 24 heavy (non-hydrogen) atoms. The number of pyridine rings is 1. The lowest BCUT2D eigenvalue weighted by Gasteiger charge is -2.20. The molecule has 0 unspecified atom stereocenters. The summed E-state index contributed by atoms with van der Waals surface area (Å²) in [6.45, 7) is 6.33. The number of benzene rings is 2. The summed E-state index contributed by atoms with van der Waals surface area (Å²) in [6, 6.07) is 18.0. The first kappa shape index (κ1) is 16.1. The number of anilines is 1. The molecular formula is C21H22N2O. The van der Waals surface area contributed by atoms with Gasteiger partial charge in [-0.1, -0.05) is 42.5 Å². The molecule has 0 fully saturated rings. The average Bonchev–Trinajstić information content (AvgIpc) is 2.61. The van der Waals surface area contributed by atoms with E-state index in [2.05, 4.69) is 48.0 Å². The van der Waals surface area contributed by atoms with E-state index in [1.807, 2.05) is 36.4 Å². The number of fused-ring (bicyclic) bond motifs is 1. The van der Waals surface area contributed by atoms with Crippen molar-refractivity contribution in [2.24, 2.45) is 0 Å². The molecular weight excluding hydrogens is 296 g/mol. The van der Waals surface area contributed by atoms with Gasteiger partial charge in [-0.2, -0.15) is 0 Å². The summed E-state index contributed by atoms with van der Waals surface area (Å²) in [7, 11) is 0. The van der Waals surface area contributed by atoms with Gasteiger partial charge in [0.05, 0.1) is 0 Å². The summed E-state index contributed by atoms with van der Waals surface area (Å²) in [5.74, 6) is 0. The number of para-hydroxylation sites is 1. The molecule has 1 heterocycles. The number of nitrogens with zero attached hydrogens (tertiary/aromatic N) is 1. The Kier molecular flexibility index (Phi) is 4.80. The molecule has 0 aliphatic carbocycles. The van der Waals surface area contributed by atoms with Crippen LogP contribution in [-0.2, 0) is 0 Å². The van der Waals surface area contributed by atoms with Crippen molar-refractivity contribution in [3.8, 4) is 0 Å². The van der Waals surface area contributed by atoms with Crippen molar-refractivity contribution in [2.45, 2.75) is 13.8 Å². The van der Waals surface area contributed by atoms with Crippen LogP contribution in [0.2, 0.25) is 0 Å². The van der Waals surface area contributed by atoms with Crippen LogP contribution in [0, 0.1) is 0 Å². The highest BCUT2D eigenvalue weighted by Crippen LogP contribution is 2.19. The molecule has 0 saturated heterocycles. The first-order valence-electron chi connectivity index (χ1n) is 8.36. The SMILES string of the molecule is CCN(CC)c1ccc(/C=C/c2cc(=O)[nH]c3ccccc23)cc1. The van der Waals surface area contributed by atoms with Crippen molar-refractivity contribution >= 4 is 28.7 Å². The second kappa shape index (κ2) is 7.18. The van der Waals surface area contributed by atoms with E-state index < -0.39 is 0 Å². The highest BCUT2D eigenvalue weighted by molar-refractivity contribution is 5.90. The van der Waals surface area contributed by atoms with Crippen molar-refractivity contribution in [1.82, 2.24) is 4.98 Å². The summed E-state index contributed by atoms with van der Waals surface area (Å²) >= 11 is 0. The van der Waals surface area contributed by atoms with Gasteiger partial charge in [0.1, 0.15) is 0 Å². The fourth-order valence-corrected chi connectivity index (χ4v) is 2.94. The lowest BCUT2D eigenvalue weighted by atomic mass is 10.1. The fraction of sp³-hybridized carbons (Fsp3) is 0.190. The Morgan fingerprint density at radius 2 is 1.67 bits per heavy atom. The van der Waals surface area contributed by atoms with Crippen LogP contribution in [-0.4, -0.2) is 18.1 Å². The molecule has 0 atom stereocenters. The van der Waals surface area contributed by atoms with E-state index in [1.165, 1.54) is 5.69 Å². The molecule has 0 spiro atoms. The van der Waals surface area contributed by atoms with Gasteiger partial charge in [0, 0.05) is 35.7 Å². The molecule has 0 bridgehead atoms. The van der Waals surface area contributed by atoms with E-state index in [0.717, 1.165) is 35.1 Å². The number of hydrogen-bond acceptors (Lipinski definition) is 2. The molecule has 122 valence electrons. The normalized spacial score (nSPS) is 11.2. The topological polar surface area (TPSA) is 36.1 Å². The molecule has 0 aliphatic heterocycles. The maximum absolute atomic E-state index is 11.8. The van der Waals surface area contributed by atoms with E-state index in [0.29, 0.717) is 0 Å². The van der Waals surface area contributed by atoms with Crippen molar-refractivity contribution in [1.29, 1.82) is 0 Å². The molecule has 1 aromatic heterocycles. The van der Waals surface area contributed by atoms with Gasteiger partial charge in [0.2, 0.25) is 5.56 Å². The van der Waals surface area contributed by atoms with E-state index in [-0.39, 0.29) is 5.56 Å². The molecule has 2 aromatic carbocycles. The second-order valence-corrected chi connectivity index (χ2v) is 5.73. The average molecular weight is 318 g/mol. The Bertz CT molecular complexity index is 903. The number of rotatable bonds is 5. The zero-order chi connectivity index (χ0) is 16.9. The quantitative estimate of drug-likeness (QED) is 0.749. The van der Waals surface area contributed by atoms with E-state index in [1.54, 1.807) is 6.07 Å². The van der Waals surface area contributed by atoms with Crippen LogP contribution in [0.15, 0.2) is 59.4 Å². The van der Waals surface area contributed by atoms with Gasteiger partial charge in [-0.25, -0.2) is 0 Å². The lowest BCUT2D eigenvalue weighted by Crippen LogP contribution is -2.21. The summed E-state index contributed by atoms with van der Waals surface area (Å²) in [5.41, 5.74) is 4.07. The third kappa shape index (κ3) is 3.40. The monoisotopic (exact) mass is 318 g/mol. The van der Waals surface area contributed by atoms with Gasteiger partial charge < -0.3 is 9.88 Å². The Morgan fingerprint density at radius 1 is 0.958 bits per heavy atom. The van der Waals surface area contributed by atoms with Crippen molar-refractivity contribution in [3.05, 3.63) is 76.1 Å². The molecule has 3 nitrogen and oxygen atoms in total. The third-order valence-corrected chi connectivity index (χ3v) is 4.26. The minimum atomic E-state index is -0.0785. The third-order valence-electron chi connectivity index (χ3n) is 4.26. The summed E-state index contributed by atoms with van der Waals surface area (Å²) in [4.78, 5) is 17.0. The first-order valence-corrected chi connectivity index (χ1v) is 8.36. The van der Waals surface area contributed by atoms with Crippen molar-refractivity contribution < 1.29 is 0 Å². The van der Waals surface area contributed by atoms with Crippen molar-refractivity contribution in [3.63, 3.8) is 0 Å². The zero-order valence-corrected chi connectivity index (χ0v) is 14.1. The van der Waals surface area contributed by atoms with Crippen LogP contribution in [0.4, 0.5) is 5.69 Å². The van der Waals surface area contributed by atoms with Crippen LogP contribution in [0.5, 0.6) is 0 Å². The molecule has 1 N–H and O–H groups in total. The van der Waals surface area contributed by atoms with Crippen molar-refractivity contribution in [2.75, 3.05) is 18.0 Å². The van der Waals surface area contributed by atoms with Crippen LogP contribution in [0.25, 0.3) is 23.1 Å². The van der Waals surface area contributed by atoms with E-state index in [4.69, 9.17) is 0 Å². The maximum atomic E-state index is 11.8. The van der Waals surface area contributed by atoms with Gasteiger partial charge in [0.25, 0.3) is 0 Å². The Labute approximate surface area is 142 Å². The van der Waals surface area contributed by atoms with Gasteiger partial charge in [-0.15, -0.1) is 0 Å². The number of aromatic amines is 1. The Balaban J connectivity index is 1.90. The molecule has 3 aromatic rings. The van der Waals surface area contributed by atoms with E-state index >= 15 is 0 Å². The van der Waals surface area contributed by atoms with Gasteiger partial charge >= 0.3 is 0 Å². The molecule has 0 amide bonds. The zero-order valence-electron chi connectivity index (χ0n) is 14.1. The number of aromatic nitrogens is 1. The summed E-state index contributed by atoms with van der Waals surface area (Å²) in [6.07, 6.45) is 4.05. The van der Waals surface area contributed by atoms with Crippen LogP contribution in [0.3, 0.4) is 0 Å². The Hall–Kier alpha value is -2.81. The highest BCUT2D eigenvalue weighted by atomic mass is 16.1. The number of hydrogen-bond donors (Lipinski definition) is 1. The minimum absolute atomic E-state index is 0.0785. The number of nitrogens with one attached hydrogen (secondary N) is 1. The second-order valence-electron chi connectivity index (χ2n) is 5.73. The largest absolute Gasteiger partial charge is 0.372 e. The Morgan fingerprint density at radius 3 is 2.38 bits per heavy atom. The predicted octanol–water partition coefficient (Wildman–Crippen LogP) is 4.54. The molecule has 0 radical (unpaired) electrons. The van der Waals surface area contributed by atoms with Gasteiger partial charge in [0.15, 0.2) is 0 Å². The minimum Gasteiger partial charge on any atom is -0.372 e. The van der Waals surface area contributed by atoms with Crippen LogP contribution in [0.1, 0.15) is 25.0 Å². The van der Waals surface area contributed by atoms with E-state index in [9.17, 15) is 4.79 Å². The first-order chi connectivity index (χ1) is 11.7. The maximum Gasteiger partial charge on any atom is 0.249 e. The molecule has 3 heteroatoms. The summed E-state index contributed by atoms with van der Waals surface area (Å²) < 4.78 is 0. The molecule has 3 rings (SSSR count). The molecule has 0 saturated carbocycles. The lowest BCUT2D eigenvalue weighted by molar-refractivity contribution is 0.866. The van der Waals surface area contributed by atoms with Crippen LogP contribution >= 0.6 is 0 Å². The number of H-pyrrole nitrogens is 1. The fourth-order valence-electron chi connectivity index (χ4n) is 2.94. The molecule has 0 aliphatic rings. The highest BCUT2D eigenvalue weighted by Gasteiger charge is 2.02. The van der Waals surface area contributed by atoms with Gasteiger partial charge in [-0.3, -0.25) is 4.79 Å². The smallest absolute Gasteiger partial charge is 0.249 e. The van der Waals surface area contributed by atoms with Gasteiger partial charge in [-0.05, 0) is 43.2 Å². The summed E-state index contributed by atoms with van der Waals surface area (Å²) in [5, 5.41) is 1.05. The predicted molar refractivity (Wildman–Crippen MR) is 103 cm³/mol. The standard InChI is InChI=1S/C21H22N2O/c1-3-23(4-2)18-13-10-16(11-14-18)9-12-17-15-21(24)22-20-8-6-5-7-19(17)20/h5-15H,3-4H2,1-2H3,(H,22,24)/b12-9+. The van der Waals surface area contributed by atoms with Crippen LogP contribution < -0.4 is 10.5 Å².